The van der Waals surface area contributed by atoms with Crippen molar-refractivity contribution >= 4 is 11.8 Å². The third kappa shape index (κ3) is 10.7. The van der Waals surface area contributed by atoms with Crippen LogP contribution in [0.4, 0.5) is 0 Å². The van der Waals surface area contributed by atoms with E-state index in [1.807, 2.05) is 0 Å². The Labute approximate surface area is 141 Å². The second kappa shape index (κ2) is 11.9. The van der Waals surface area contributed by atoms with Crippen LogP contribution in [-0.4, -0.2) is 18.9 Å². The number of esters is 1. The van der Waals surface area contributed by atoms with E-state index in [0.717, 1.165) is 31.3 Å². The van der Waals surface area contributed by atoms with Gasteiger partial charge in [0.15, 0.2) is 0 Å². The third-order valence-electron chi connectivity index (χ3n) is 3.84. The number of carbonyl (C=O) groups excluding carboxylic acids is 2. The second-order valence-corrected chi connectivity index (χ2v) is 6.38. The molecular weight excluding hydrogens is 288 g/mol. The first-order chi connectivity index (χ1) is 10.8. The molecule has 0 aromatic heterocycles. The van der Waals surface area contributed by atoms with E-state index >= 15 is 0 Å². The summed E-state index contributed by atoms with van der Waals surface area (Å²) < 4.78 is 4.67. The second-order valence-electron chi connectivity index (χ2n) is 6.38. The maximum atomic E-state index is 11.5. The molecule has 0 aliphatic carbocycles. The fraction of sp³-hybridized carbons (Fsp3) is 0.600. The molecule has 1 atom stereocenters. The highest BCUT2D eigenvalue weighted by molar-refractivity contribution is 5.97. The van der Waals surface area contributed by atoms with Crippen molar-refractivity contribution in [1.29, 1.82) is 0 Å². The lowest BCUT2D eigenvalue weighted by Crippen LogP contribution is -2.23. The van der Waals surface area contributed by atoms with Gasteiger partial charge in [-0.25, -0.2) is 0 Å². The lowest BCUT2D eigenvalue weighted by atomic mass is 9.95. The highest BCUT2D eigenvalue weighted by Crippen LogP contribution is 2.18. The molecule has 1 unspecified atom stereocenters. The zero-order valence-electron chi connectivity index (χ0n) is 15.4. The van der Waals surface area contributed by atoms with Crippen molar-refractivity contribution in [2.45, 2.75) is 66.2 Å². The van der Waals surface area contributed by atoms with E-state index in [1.165, 1.54) is 25.2 Å². The molecule has 0 radical (unpaired) electrons. The molecule has 0 fully saturated rings. The predicted molar refractivity (Wildman–Crippen MR) is 96.2 cm³/mol. The first-order valence-electron chi connectivity index (χ1n) is 8.31. The van der Waals surface area contributed by atoms with E-state index in [-0.39, 0.29) is 5.78 Å². The molecule has 0 amide bonds. The van der Waals surface area contributed by atoms with Gasteiger partial charge in [0.2, 0.25) is 0 Å². The van der Waals surface area contributed by atoms with Gasteiger partial charge >= 0.3 is 5.97 Å². The van der Waals surface area contributed by atoms with E-state index in [9.17, 15) is 9.59 Å². The number of rotatable bonds is 11. The fourth-order valence-electron chi connectivity index (χ4n) is 2.32. The molecule has 23 heavy (non-hydrogen) atoms. The van der Waals surface area contributed by atoms with Crippen molar-refractivity contribution in [3.05, 3.63) is 35.5 Å². The Morgan fingerprint density at radius 1 is 1.00 bits per heavy atom. The molecule has 0 aliphatic heterocycles. The molecule has 0 heterocycles. The van der Waals surface area contributed by atoms with E-state index in [2.05, 4.69) is 44.2 Å². The van der Waals surface area contributed by atoms with E-state index in [4.69, 9.17) is 0 Å². The monoisotopic (exact) mass is 320 g/mol. The number of hydrogen-bond acceptors (Lipinski definition) is 3. The molecule has 0 bridgehead atoms. The van der Waals surface area contributed by atoms with E-state index in [0.29, 0.717) is 12.8 Å². The van der Waals surface area contributed by atoms with Gasteiger partial charge in [-0.15, -0.1) is 0 Å². The van der Waals surface area contributed by atoms with Crippen LogP contribution in [0.15, 0.2) is 35.5 Å². The van der Waals surface area contributed by atoms with E-state index in [1.54, 1.807) is 0 Å². The van der Waals surface area contributed by atoms with Crippen LogP contribution in [0.1, 0.15) is 66.2 Å². The lowest BCUT2D eigenvalue weighted by molar-refractivity contribution is -0.149. The molecule has 0 aromatic rings. The van der Waals surface area contributed by atoms with Gasteiger partial charge in [0.1, 0.15) is 11.7 Å². The van der Waals surface area contributed by atoms with Crippen molar-refractivity contribution in [1.82, 2.24) is 0 Å². The summed E-state index contributed by atoms with van der Waals surface area (Å²) in [7, 11) is 1.32. The summed E-state index contributed by atoms with van der Waals surface area (Å²) in [6.07, 6.45) is 9.72. The van der Waals surface area contributed by atoms with Crippen LogP contribution >= 0.6 is 0 Å². The molecule has 0 saturated heterocycles. The normalized spacial score (nSPS) is 12.5. The summed E-state index contributed by atoms with van der Waals surface area (Å²) in [5.74, 6) is -1.24. The maximum Gasteiger partial charge on any atom is 0.316 e. The summed E-state index contributed by atoms with van der Waals surface area (Å²) >= 11 is 0. The van der Waals surface area contributed by atoms with Gasteiger partial charge in [-0.3, -0.25) is 9.59 Å². The Balaban J connectivity index is 4.13. The van der Waals surface area contributed by atoms with E-state index < -0.39 is 11.9 Å². The Bertz CT molecular complexity index is 465. The molecule has 130 valence electrons. The SMILES string of the molecule is C=C(CC/C=C(\C)CCC=C(C)C)CCC(C(C)=O)C(=O)OC. The van der Waals surface area contributed by atoms with Crippen LogP contribution in [0.25, 0.3) is 0 Å². The van der Waals surface area contributed by atoms with Gasteiger partial charge in [-0.1, -0.05) is 35.5 Å². The molecular formula is C20H32O3. The standard InChI is InChI=1S/C20H32O3/c1-15(2)9-7-10-16(3)11-8-12-17(4)13-14-19(18(5)21)20(22)23-6/h9,11,19H,4,7-8,10,12-14H2,1-3,5-6H3/b16-11+. The lowest BCUT2D eigenvalue weighted by Gasteiger charge is -2.12. The minimum Gasteiger partial charge on any atom is -0.468 e. The summed E-state index contributed by atoms with van der Waals surface area (Å²) in [6, 6.07) is 0. The number of allylic oxidation sites excluding steroid dienone is 5. The summed E-state index contributed by atoms with van der Waals surface area (Å²) in [6.45, 7) is 11.9. The quantitative estimate of drug-likeness (QED) is 0.299. The zero-order valence-corrected chi connectivity index (χ0v) is 15.4. The summed E-state index contributed by atoms with van der Waals surface area (Å²) in [5.41, 5.74) is 3.83. The topological polar surface area (TPSA) is 43.4 Å². The smallest absolute Gasteiger partial charge is 0.316 e. The third-order valence-corrected chi connectivity index (χ3v) is 3.84. The Morgan fingerprint density at radius 3 is 2.13 bits per heavy atom. The maximum absolute atomic E-state index is 11.5. The van der Waals surface area contributed by atoms with Crippen molar-refractivity contribution in [3.63, 3.8) is 0 Å². The van der Waals surface area contributed by atoms with Gasteiger partial charge in [0.05, 0.1) is 7.11 Å². The first kappa shape index (κ1) is 21.4. The molecule has 0 saturated carbocycles. The number of carbonyl (C=O) groups is 2. The van der Waals surface area contributed by atoms with Gasteiger partial charge in [-0.05, 0) is 66.2 Å². The molecule has 0 N–H and O–H groups in total. The van der Waals surface area contributed by atoms with Crippen LogP contribution in [0, 0.1) is 5.92 Å². The van der Waals surface area contributed by atoms with Crippen molar-refractivity contribution < 1.29 is 14.3 Å². The molecule has 0 aromatic carbocycles. The average Bonchev–Trinajstić information content (AvgIpc) is 2.46. The van der Waals surface area contributed by atoms with Crippen LogP contribution in [-0.2, 0) is 14.3 Å². The van der Waals surface area contributed by atoms with Crippen LogP contribution in [0.2, 0.25) is 0 Å². The van der Waals surface area contributed by atoms with Gasteiger partial charge in [-0.2, -0.15) is 0 Å². The van der Waals surface area contributed by atoms with Crippen LogP contribution < -0.4 is 0 Å². The molecule has 3 nitrogen and oxygen atoms in total. The zero-order chi connectivity index (χ0) is 17.8. The number of hydrogen-bond donors (Lipinski definition) is 0. The van der Waals surface area contributed by atoms with Gasteiger partial charge < -0.3 is 4.74 Å². The number of methoxy groups -OCH3 is 1. The number of ketones is 1. The Kier molecular flexibility index (Phi) is 11.0. The molecule has 0 aliphatic rings. The predicted octanol–water partition coefficient (Wildman–Crippen LogP) is 5.17. The largest absolute Gasteiger partial charge is 0.468 e. The highest BCUT2D eigenvalue weighted by Gasteiger charge is 2.23. The van der Waals surface area contributed by atoms with Crippen LogP contribution in [0.3, 0.4) is 0 Å². The average molecular weight is 320 g/mol. The number of Topliss-reactive ketones (excluding diaryl/α,β-unsaturated/α-hetero) is 1. The van der Waals surface area contributed by atoms with Gasteiger partial charge in [0.25, 0.3) is 0 Å². The Morgan fingerprint density at radius 2 is 1.61 bits per heavy atom. The van der Waals surface area contributed by atoms with Crippen molar-refractivity contribution in [2.24, 2.45) is 5.92 Å². The van der Waals surface area contributed by atoms with Crippen LogP contribution in [0.5, 0.6) is 0 Å². The minimum absolute atomic E-state index is 0.139. The van der Waals surface area contributed by atoms with Gasteiger partial charge in [0, 0.05) is 0 Å². The first-order valence-corrected chi connectivity index (χ1v) is 8.31. The highest BCUT2D eigenvalue weighted by atomic mass is 16.5. The molecule has 0 rings (SSSR count). The summed E-state index contributed by atoms with van der Waals surface area (Å²) in [4.78, 5) is 23.0. The van der Waals surface area contributed by atoms with Crippen molar-refractivity contribution in [2.75, 3.05) is 7.11 Å². The Hall–Kier alpha value is -1.64. The molecule has 3 heteroatoms. The van der Waals surface area contributed by atoms with Crippen molar-refractivity contribution in [3.8, 4) is 0 Å². The fourth-order valence-corrected chi connectivity index (χ4v) is 2.32. The minimum atomic E-state index is -0.655. The molecule has 0 spiro atoms. The summed E-state index contributed by atoms with van der Waals surface area (Å²) in [5, 5.41) is 0. The number of ether oxygens (including phenoxy) is 1.